The average Bonchev–Trinajstić information content (AvgIpc) is 3.19. The summed E-state index contributed by atoms with van der Waals surface area (Å²) in [6.45, 7) is 4.06. The maximum absolute atomic E-state index is 13.3. The lowest BCUT2D eigenvalue weighted by atomic mass is 10.1. The number of fused-ring (bicyclic) bond motifs is 1. The second-order valence-electron chi connectivity index (χ2n) is 7.82. The average molecular weight is 452 g/mol. The second kappa shape index (κ2) is 7.90. The summed E-state index contributed by atoms with van der Waals surface area (Å²) < 4.78 is 1.82. The van der Waals surface area contributed by atoms with E-state index in [-0.39, 0.29) is 23.9 Å². The van der Waals surface area contributed by atoms with Gasteiger partial charge in [0.25, 0.3) is 11.8 Å². The Morgan fingerprint density at radius 1 is 1.13 bits per heavy atom. The number of nitrogens with one attached hydrogen (secondary N) is 2. The van der Waals surface area contributed by atoms with Gasteiger partial charge in [-0.2, -0.15) is 5.10 Å². The topological polar surface area (TPSA) is 88.9 Å². The maximum atomic E-state index is 13.3. The van der Waals surface area contributed by atoms with Crippen molar-refractivity contribution < 1.29 is 9.59 Å². The van der Waals surface area contributed by atoms with Crippen molar-refractivity contribution in [2.24, 2.45) is 0 Å². The summed E-state index contributed by atoms with van der Waals surface area (Å²) in [6, 6.07) is 7.85. The Morgan fingerprint density at radius 3 is 2.68 bits per heavy atom. The summed E-state index contributed by atoms with van der Waals surface area (Å²) in [5, 5.41) is 15.4. The van der Waals surface area contributed by atoms with Gasteiger partial charge in [0.2, 0.25) is 0 Å². The van der Waals surface area contributed by atoms with Gasteiger partial charge in [-0.25, -0.2) is 9.67 Å². The Kier molecular flexibility index (Phi) is 5.07. The van der Waals surface area contributed by atoms with E-state index in [1.54, 1.807) is 29.7 Å². The molecule has 9 heteroatoms. The largest absolute Gasteiger partial charge is 0.349 e. The highest BCUT2D eigenvalue weighted by Gasteiger charge is 2.26. The number of pyridine rings is 1. The molecule has 4 heterocycles. The van der Waals surface area contributed by atoms with Gasteiger partial charge in [0, 0.05) is 12.1 Å². The maximum Gasteiger partial charge on any atom is 0.257 e. The Hall–Kier alpha value is -3.04. The van der Waals surface area contributed by atoms with Gasteiger partial charge >= 0.3 is 0 Å². The van der Waals surface area contributed by atoms with Crippen LogP contribution in [0.1, 0.15) is 53.4 Å². The van der Waals surface area contributed by atoms with Gasteiger partial charge in [0.1, 0.15) is 5.00 Å². The van der Waals surface area contributed by atoms with Crippen LogP contribution in [0.3, 0.4) is 0 Å². The molecule has 4 aromatic heterocycles. The first kappa shape index (κ1) is 19.9. The normalized spacial score (nSPS) is 13.6. The van der Waals surface area contributed by atoms with Crippen LogP contribution in [0.25, 0.3) is 21.6 Å². The summed E-state index contributed by atoms with van der Waals surface area (Å²) in [7, 11) is 0. The minimum atomic E-state index is -0.281. The summed E-state index contributed by atoms with van der Waals surface area (Å²) in [6.07, 6.45) is 3.71. The Bertz CT molecular complexity index is 1270. The van der Waals surface area contributed by atoms with Crippen LogP contribution >= 0.6 is 22.7 Å². The zero-order valence-electron chi connectivity index (χ0n) is 17.1. The minimum absolute atomic E-state index is 0.106. The van der Waals surface area contributed by atoms with Crippen molar-refractivity contribution in [2.45, 2.75) is 38.8 Å². The van der Waals surface area contributed by atoms with Crippen molar-refractivity contribution in [1.29, 1.82) is 0 Å². The summed E-state index contributed by atoms with van der Waals surface area (Å²) >= 11 is 2.91. The number of hydrogen-bond acceptors (Lipinski definition) is 6. The van der Waals surface area contributed by atoms with Crippen molar-refractivity contribution in [3.63, 3.8) is 0 Å². The van der Waals surface area contributed by atoms with E-state index in [2.05, 4.69) is 15.7 Å². The third kappa shape index (κ3) is 3.86. The number of hydrogen-bond donors (Lipinski definition) is 2. The lowest BCUT2D eigenvalue weighted by Crippen LogP contribution is -2.26. The fourth-order valence-corrected chi connectivity index (χ4v) is 4.85. The molecule has 4 aromatic rings. The van der Waals surface area contributed by atoms with Gasteiger partial charge in [-0.1, -0.05) is 6.07 Å². The van der Waals surface area contributed by atoms with Crippen LogP contribution in [-0.4, -0.2) is 32.6 Å². The molecule has 1 aliphatic carbocycles. The quantitative estimate of drug-likeness (QED) is 0.434. The number of amides is 2. The first-order valence-corrected chi connectivity index (χ1v) is 11.9. The molecule has 158 valence electrons. The minimum Gasteiger partial charge on any atom is -0.349 e. The molecule has 1 aliphatic rings. The SMILES string of the molecule is CC(C)n1ncc2c(C(=O)Nc3sccc3C(=O)NC3CC3)cc(-c3cccs3)nc21. The number of carbonyl (C=O) groups is 2. The van der Waals surface area contributed by atoms with E-state index in [1.807, 2.05) is 41.4 Å². The molecule has 5 rings (SSSR count). The smallest absolute Gasteiger partial charge is 0.257 e. The number of aromatic nitrogens is 3. The number of thiophene rings is 2. The number of nitrogens with zero attached hydrogens (tertiary/aromatic N) is 3. The van der Waals surface area contributed by atoms with Crippen LogP contribution in [0.15, 0.2) is 41.2 Å². The van der Waals surface area contributed by atoms with Crippen LogP contribution in [-0.2, 0) is 0 Å². The first-order valence-electron chi connectivity index (χ1n) is 10.1. The standard InChI is InChI=1S/C22H21N5O2S2/c1-12(2)27-19-16(11-23-27)15(10-17(25-19)18-4-3-8-30-18)21(29)26-22-14(7-9-31-22)20(28)24-13-5-6-13/h3-4,7-13H,5-6H2,1-2H3,(H,24,28)(H,26,29). The van der Waals surface area contributed by atoms with E-state index in [9.17, 15) is 9.59 Å². The second-order valence-corrected chi connectivity index (χ2v) is 9.68. The molecule has 0 radical (unpaired) electrons. The van der Waals surface area contributed by atoms with Crippen molar-refractivity contribution in [3.05, 3.63) is 52.3 Å². The van der Waals surface area contributed by atoms with E-state index in [0.717, 1.165) is 23.4 Å². The molecule has 0 spiro atoms. The fraction of sp³-hybridized carbons (Fsp3) is 0.273. The lowest BCUT2D eigenvalue weighted by molar-refractivity contribution is 0.0952. The zero-order valence-corrected chi connectivity index (χ0v) is 18.7. The molecule has 0 saturated heterocycles. The van der Waals surface area contributed by atoms with E-state index in [0.29, 0.717) is 27.2 Å². The van der Waals surface area contributed by atoms with Crippen molar-refractivity contribution in [3.8, 4) is 10.6 Å². The summed E-state index contributed by atoms with van der Waals surface area (Å²) in [5.41, 5.74) is 2.38. The molecular formula is C22H21N5O2S2. The molecule has 2 N–H and O–H groups in total. The van der Waals surface area contributed by atoms with E-state index in [1.165, 1.54) is 11.3 Å². The van der Waals surface area contributed by atoms with Gasteiger partial charge in [-0.15, -0.1) is 22.7 Å². The third-order valence-corrected chi connectivity index (χ3v) is 6.85. The molecule has 0 bridgehead atoms. The Balaban J connectivity index is 1.53. The number of carbonyl (C=O) groups excluding carboxylic acids is 2. The molecule has 2 amide bonds. The van der Waals surface area contributed by atoms with Gasteiger partial charge < -0.3 is 10.6 Å². The highest BCUT2D eigenvalue weighted by Crippen LogP contribution is 2.31. The molecule has 0 aromatic carbocycles. The van der Waals surface area contributed by atoms with Crippen LogP contribution in [0.2, 0.25) is 0 Å². The van der Waals surface area contributed by atoms with Crippen LogP contribution in [0.5, 0.6) is 0 Å². The number of anilines is 1. The van der Waals surface area contributed by atoms with Crippen molar-refractivity contribution >= 4 is 50.5 Å². The highest BCUT2D eigenvalue weighted by molar-refractivity contribution is 7.14. The Labute approximate surface area is 187 Å². The molecule has 0 unspecified atom stereocenters. The monoisotopic (exact) mass is 451 g/mol. The molecule has 31 heavy (non-hydrogen) atoms. The van der Waals surface area contributed by atoms with Crippen LogP contribution < -0.4 is 10.6 Å². The van der Waals surface area contributed by atoms with Gasteiger partial charge in [-0.05, 0) is 55.6 Å². The summed E-state index contributed by atoms with van der Waals surface area (Å²) in [4.78, 5) is 31.6. The molecule has 1 saturated carbocycles. The van der Waals surface area contributed by atoms with E-state index < -0.39 is 0 Å². The molecule has 0 atom stereocenters. The van der Waals surface area contributed by atoms with Gasteiger partial charge in [-0.3, -0.25) is 9.59 Å². The van der Waals surface area contributed by atoms with E-state index in [4.69, 9.17) is 4.98 Å². The molecule has 7 nitrogen and oxygen atoms in total. The molecular weight excluding hydrogens is 430 g/mol. The lowest BCUT2D eigenvalue weighted by Gasteiger charge is -2.11. The summed E-state index contributed by atoms with van der Waals surface area (Å²) in [5.74, 6) is -0.428. The zero-order chi connectivity index (χ0) is 21.5. The van der Waals surface area contributed by atoms with Crippen LogP contribution in [0.4, 0.5) is 5.00 Å². The van der Waals surface area contributed by atoms with Gasteiger partial charge in [0.15, 0.2) is 5.65 Å². The predicted molar refractivity (Wildman–Crippen MR) is 124 cm³/mol. The van der Waals surface area contributed by atoms with Crippen LogP contribution in [0, 0.1) is 0 Å². The highest BCUT2D eigenvalue weighted by atomic mass is 32.1. The first-order chi connectivity index (χ1) is 15.0. The van der Waals surface area contributed by atoms with E-state index >= 15 is 0 Å². The van der Waals surface area contributed by atoms with Crippen molar-refractivity contribution in [2.75, 3.05) is 5.32 Å². The Morgan fingerprint density at radius 2 is 1.97 bits per heavy atom. The van der Waals surface area contributed by atoms with Crippen molar-refractivity contribution in [1.82, 2.24) is 20.1 Å². The fourth-order valence-electron chi connectivity index (χ4n) is 3.38. The number of rotatable bonds is 6. The molecule has 1 fully saturated rings. The van der Waals surface area contributed by atoms with Gasteiger partial charge in [0.05, 0.1) is 33.3 Å². The predicted octanol–water partition coefficient (Wildman–Crippen LogP) is 4.95. The molecule has 0 aliphatic heterocycles. The third-order valence-electron chi connectivity index (χ3n) is 5.12.